The van der Waals surface area contributed by atoms with Gasteiger partial charge in [0.15, 0.2) is 0 Å². The van der Waals surface area contributed by atoms with E-state index in [0.29, 0.717) is 36.3 Å². The topological polar surface area (TPSA) is 99.3 Å². The molecule has 0 aliphatic heterocycles. The minimum atomic E-state index is -0.217. The fourth-order valence-corrected chi connectivity index (χ4v) is 3.11. The minimum absolute atomic E-state index is 0.0512. The van der Waals surface area contributed by atoms with Crippen LogP contribution in [0, 0.1) is 0 Å². The third kappa shape index (κ3) is 8.14. The first-order valence-corrected chi connectivity index (χ1v) is 10.9. The molecule has 3 rings (SSSR count). The van der Waals surface area contributed by atoms with E-state index < -0.39 is 0 Å². The number of benzene rings is 3. The molecule has 7 nitrogen and oxygen atoms in total. The van der Waals surface area contributed by atoms with Gasteiger partial charge in [-0.3, -0.25) is 14.4 Å². The van der Waals surface area contributed by atoms with Crippen molar-refractivity contribution in [1.82, 2.24) is 0 Å². The standard InChI is InChI=1S/C26H28N4O3/c1-2-24(31)28-21-14-12-20(13-15-21)27-18-26(33)30-23-10-6-9-22(17-23)29-25(32)16-11-19-7-4-3-5-8-19/h3-10,12-15,17,27H,2,11,16,18H2,1H3,(H,28,31)(H,29,32)(H,30,33). The maximum atomic E-state index is 12.3. The van der Waals surface area contributed by atoms with Gasteiger partial charge in [-0.2, -0.15) is 0 Å². The van der Waals surface area contributed by atoms with Crippen LogP contribution in [0.2, 0.25) is 0 Å². The Balaban J connectivity index is 1.45. The van der Waals surface area contributed by atoms with Crippen molar-refractivity contribution in [3.8, 4) is 0 Å². The lowest BCUT2D eigenvalue weighted by Crippen LogP contribution is -2.22. The van der Waals surface area contributed by atoms with E-state index in [4.69, 9.17) is 0 Å². The molecule has 170 valence electrons. The summed E-state index contributed by atoms with van der Waals surface area (Å²) in [7, 11) is 0. The maximum absolute atomic E-state index is 12.3. The Morgan fingerprint density at radius 1 is 0.636 bits per heavy atom. The maximum Gasteiger partial charge on any atom is 0.243 e. The minimum Gasteiger partial charge on any atom is -0.376 e. The van der Waals surface area contributed by atoms with Gasteiger partial charge in [-0.25, -0.2) is 0 Å². The number of nitrogens with one attached hydrogen (secondary N) is 4. The highest BCUT2D eigenvalue weighted by Gasteiger charge is 2.07. The van der Waals surface area contributed by atoms with Gasteiger partial charge in [0.05, 0.1) is 6.54 Å². The lowest BCUT2D eigenvalue weighted by Gasteiger charge is -2.11. The first-order chi connectivity index (χ1) is 16.0. The van der Waals surface area contributed by atoms with Crippen molar-refractivity contribution in [3.63, 3.8) is 0 Å². The van der Waals surface area contributed by atoms with Gasteiger partial charge in [0.1, 0.15) is 0 Å². The molecule has 0 saturated heterocycles. The Bertz CT molecular complexity index is 1080. The van der Waals surface area contributed by atoms with E-state index in [9.17, 15) is 14.4 Å². The average molecular weight is 445 g/mol. The number of hydrogen-bond acceptors (Lipinski definition) is 4. The third-order valence-corrected chi connectivity index (χ3v) is 4.86. The number of carbonyl (C=O) groups is 3. The summed E-state index contributed by atoms with van der Waals surface area (Å²) in [6.45, 7) is 1.87. The average Bonchev–Trinajstić information content (AvgIpc) is 2.83. The molecule has 7 heteroatoms. The van der Waals surface area contributed by atoms with Crippen LogP contribution >= 0.6 is 0 Å². The lowest BCUT2D eigenvalue weighted by molar-refractivity contribution is -0.116. The Morgan fingerprint density at radius 2 is 1.24 bits per heavy atom. The van der Waals surface area contributed by atoms with Crippen LogP contribution in [0.4, 0.5) is 22.7 Å². The third-order valence-electron chi connectivity index (χ3n) is 4.86. The van der Waals surface area contributed by atoms with Gasteiger partial charge < -0.3 is 21.3 Å². The molecule has 0 radical (unpaired) electrons. The van der Waals surface area contributed by atoms with Crippen LogP contribution in [0.25, 0.3) is 0 Å². The van der Waals surface area contributed by atoms with E-state index in [-0.39, 0.29) is 24.3 Å². The molecular formula is C26H28N4O3. The van der Waals surface area contributed by atoms with Crippen molar-refractivity contribution >= 4 is 40.5 Å². The highest BCUT2D eigenvalue weighted by Crippen LogP contribution is 2.17. The van der Waals surface area contributed by atoms with Crippen LogP contribution < -0.4 is 21.3 Å². The number of aryl methyl sites for hydroxylation is 1. The Labute approximate surface area is 193 Å². The van der Waals surface area contributed by atoms with Gasteiger partial charge in [-0.15, -0.1) is 0 Å². The monoisotopic (exact) mass is 444 g/mol. The van der Waals surface area contributed by atoms with Crippen LogP contribution in [0.5, 0.6) is 0 Å². The summed E-state index contributed by atoms with van der Waals surface area (Å²) in [5.74, 6) is -0.349. The zero-order valence-electron chi connectivity index (χ0n) is 18.6. The highest BCUT2D eigenvalue weighted by molar-refractivity contribution is 5.96. The molecule has 0 aliphatic rings. The van der Waals surface area contributed by atoms with Gasteiger partial charge in [0.2, 0.25) is 17.7 Å². The molecule has 0 bridgehead atoms. The van der Waals surface area contributed by atoms with Gasteiger partial charge >= 0.3 is 0 Å². The number of rotatable bonds is 10. The first kappa shape index (κ1) is 23.5. The quantitative estimate of drug-likeness (QED) is 0.366. The Kier molecular flexibility index (Phi) is 8.59. The van der Waals surface area contributed by atoms with Crippen molar-refractivity contribution in [1.29, 1.82) is 0 Å². The zero-order chi connectivity index (χ0) is 23.5. The second-order valence-corrected chi connectivity index (χ2v) is 7.50. The summed E-state index contributed by atoms with van der Waals surface area (Å²) < 4.78 is 0. The van der Waals surface area contributed by atoms with Gasteiger partial charge in [0.25, 0.3) is 0 Å². The summed E-state index contributed by atoms with van der Waals surface area (Å²) in [5.41, 5.74) is 3.81. The van der Waals surface area contributed by atoms with Crippen molar-refractivity contribution in [2.24, 2.45) is 0 Å². The van der Waals surface area contributed by atoms with Crippen LogP contribution in [-0.2, 0) is 20.8 Å². The largest absolute Gasteiger partial charge is 0.376 e. The summed E-state index contributed by atoms with van der Waals surface area (Å²) in [5, 5.41) is 11.5. The molecule has 3 aromatic carbocycles. The fourth-order valence-electron chi connectivity index (χ4n) is 3.11. The Hall–Kier alpha value is -4.13. The second-order valence-electron chi connectivity index (χ2n) is 7.50. The molecule has 0 atom stereocenters. The summed E-state index contributed by atoms with van der Waals surface area (Å²) >= 11 is 0. The normalized spacial score (nSPS) is 10.2. The second kappa shape index (κ2) is 12.0. The molecule has 0 fully saturated rings. The molecule has 0 heterocycles. The van der Waals surface area contributed by atoms with Gasteiger partial charge in [-0.1, -0.05) is 43.3 Å². The summed E-state index contributed by atoms with van der Waals surface area (Å²) in [4.78, 5) is 36.0. The SMILES string of the molecule is CCC(=O)Nc1ccc(NCC(=O)Nc2cccc(NC(=O)CCc3ccccc3)c2)cc1. The molecular weight excluding hydrogens is 416 g/mol. The molecule has 0 aromatic heterocycles. The fraction of sp³-hybridized carbons (Fsp3) is 0.192. The predicted octanol–water partition coefficient (Wildman–Crippen LogP) is 4.66. The van der Waals surface area contributed by atoms with Crippen LogP contribution in [0.15, 0.2) is 78.9 Å². The van der Waals surface area contributed by atoms with Crippen LogP contribution in [0.3, 0.4) is 0 Å². The lowest BCUT2D eigenvalue weighted by atomic mass is 10.1. The van der Waals surface area contributed by atoms with Crippen molar-refractivity contribution in [3.05, 3.63) is 84.4 Å². The summed E-state index contributed by atoms with van der Waals surface area (Å²) in [6, 6.07) is 24.0. The van der Waals surface area contributed by atoms with E-state index in [1.165, 1.54) is 0 Å². The van der Waals surface area contributed by atoms with E-state index >= 15 is 0 Å². The predicted molar refractivity (Wildman–Crippen MR) is 132 cm³/mol. The van der Waals surface area contributed by atoms with Gasteiger partial charge in [0, 0.05) is 35.6 Å². The number of hydrogen-bond donors (Lipinski definition) is 4. The smallest absolute Gasteiger partial charge is 0.243 e. The van der Waals surface area contributed by atoms with E-state index in [1.54, 1.807) is 55.5 Å². The first-order valence-electron chi connectivity index (χ1n) is 10.9. The molecule has 3 aromatic rings. The Morgan fingerprint density at radius 3 is 1.91 bits per heavy atom. The molecule has 33 heavy (non-hydrogen) atoms. The zero-order valence-corrected chi connectivity index (χ0v) is 18.6. The van der Waals surface area contributed by atoms with E-state index in [2.05, 4.69) is 21.3 Å². The number of carbonyl (C=O) groups excluding carboxylic acids is 3. The molecule has 0 unspecified atom stereocenters. The van der Waals surface area contributed by atoms with E-state index in [1.807, 2.05) is 30.3 Å². The van der Waals surface area contributed by atoms with Crippen LogP contribution in [-0.4, -0.2) is 24.3 Å². The summed E-state index contributed by atoms with van der Waals surface area (Å²) in [6.07, 6.45) is 1.46. The highest BCUT2D eigenvalue weighted by atomic mass is 16.2. The van der Waals surface area contributed by atoms with E-state index in [0.717, 1.165) is 11.3 Å². The molecule has 3 amide bonds. The van der Waals surface area contributed by atoms with Crippen LogP contribution in [0.1, 0.15) is 25.3 Å². The number of amides is 3. The number of anilines is 4. The molecule has 0 saturated carbocycles. The van der Waals surface area contributed by atoms with Gasteiger partial charge in [-0.05, 0) is 54.4 Å². The van der Waals surface area contributed by atoms with Crippen molar-refractivity contribution < 1.29 is 14.4 Å². The molecule has 0 spiro atoms. The van der Waals surface area contributed by atoms with Crippen molar-refractivity contribution in [2.75, 3.05) is 27.8 Å². The van der Waals surface area contributed by atoms with Crippen molar-refractivity contribution in [2.45, 2.75) is 26.2 Å². The molecule has 4 N–H and O–H groups in total. The molecule has 0 aliphatic carbocycles.